The van der Waals surface area contributed by atoms with Crippen LogP contribution < -0.4 is 10.3 Å². The van der Waals surface area contributed by atoms with Gasteiger partial charge in [-0.2, -0.15) is 4.68 Å². The lowest BCUT2D eigenvalue weighted by Gasteiger charge is -2.35. The highest BCUT2D eigenvalue weighted by Gasteiger charge is 2.27. The summed E-state index contributed by atoms with van der Waals surface area (Å²) in [6.07, 6.45) is 3.30. The Morgan fingerprint density at radius 2 is 1.76 bits per heavy atom. The highest BCUT2D eigenvalue weighted by atomic mass is 15.7. The van der Waals surface area contributed by atoms with Gasteiger partial charge < -0.3 is 5.73 Å². The number of quaternary nitrogens is 1. The minimum absolute atomic E-state index is 0.440. The van der Waals surface area contributed by atoms with Crippen LogP contribution >= 0.6 is 0 Å². The molecule has 2 aromatic rings. The Kier molecular flexibility index (Phi) is 2.97. The van der Waals surface area contributed by atoms with E-state index < -0.39 is 0 Å². The Balaban J connectivity index is 2.67. The van der Waals surface area contributed by atoms with Gasteiger partial charge in [0.2, 0.25) is 5.65 Å². The van der Waals surface area contributed by atoms with Crippen molar-refractivity contribution in [2.24, 2.45) is 0 Å². The van der Waals surface area contributed by atoms with Gasteiger partial charge in [0.15, 0.2) is 11.3 Å². The average molecular weight is 235 g/mol. The molecular weight excluding hydrogens is 216 g/mol. The first-order chi connectivity index (χ1) is 8.18. The first-order valence-electron chi connectivity index (χ1n) is 5.99. The molecule has 0 aliphatic carbocycles. The van der Waals surface area contributed by atoms with Crippen LogP contribution in [-0.2, 0) is 0 Å². The van der Waals surface area contributed by atoms with Crippen LogP contribution in [0.5, 0.6) is 0 Å². The van der Waals surface area contributed by atoms with E-state index in [1.165, 1.54) is 6.33 Å². The molecule has 0 amide bonds. The van der Waals surface area contributed by atoms with E-state index >= 15 is 0 Å². The summed E-state index contributed by atoms with van der Waals surface area (Å²) in [5.74, 6) is 0.440. The Morgan fingerprint density at radius 3 is 2.35 bits per heavy atom. The molecule has 0 bridgehead atoms. The monoisotopic (exact) mass is 235 g/mol. The molecule has 0 spiro atoms. The quantitative estimate of drug-likeness (QED) is 0.800. The zero-order valence-corrected chi connectivity index (χ0v) is 10.6. The molecule has 92 valence electrons. The van der Waals surface area contributed by atoms with Gasteiger partial charge in [0, 0.05) is 0 Å². The number of nitrogens with two attached hydrogens (primary N) is 1. The summed E-state index contributed by atoms with van der Waals surface area (Å²) >= 11 is 0. The molecule has 0 radical (unpaired) electrons. The van der Waals surface area contributed by atoms with E-state index in [9.17, 15) is 0 Å². The van der Waals surface area contributed by atoms with Gasteiger partial charge in [-0.1, -0.05) is 0 Å². The van der Waals surface area contributed by atoms with Crippen LogP contribution in [0.2, 0.25) is 0 Å². The summed E-state index contributed by atoms with van der Waals surface area (Å²) in [4.78, 5) is 12.6. The normalized spacial score (nSPS) is 12.2. The number of anilines is 1. The van der Waals surface area contributed by atoms with Crippen molar-refractivity contribution in [3.05, 3.63) is 12.7 Å². The third kappa shape index (κ3) is 1.64. The molecule has 0 aliphatic rings. The number of hydrogen-bond donors (Lipinski definition) is 1. The fraction of sp³-hybridized carbons (Fsp3) is 0.545. The Hall–Kier alpha value is -1.69. The molecule has 6 heteroatoms. The maximum Gasteiger partial charge on any atom is 0.215 e. The van der Waals surface area contributed by atoms with Crippen molar-refractivity contribution < 1.29 is 0 Å². The van der Waals surface area contributed by atoms with E-state index in [1.54, 1.807) is 0 Å². The summed E-state index contributed by atoms with van der Waals surface area (Å²) < 4.78 is 2.89. The molecule has 0 unspecified atom stereocenters. The van der Waals surface area contributed by atoms with E-state index in [-0.39, 0.29) is 0 Å². The molecule has 2 heterocycles. The van der Waals surface area contributed by atoms with Gasteiger partial charge >= 0.3 is 0 Å². The van der Waals surface area contributed by atoms with E-state index in [2.05, 4.69) is 40.4 Å². The first kappa shape index (κ1) is 11.8. The van der Waals surface area contributed by atoms with Crippen molar-refractivity contribution in [3.63, 3.8) is 0 Å². The average Bonchev–Trinajstić information content (AvgIpc) is 2.79. The summed E-state index contributed by atoms with van der Waals surface area (Å²) in [5.41, 5.74) is 7.30. The number of nitrogen functional groups attached to an aromatic ring is 1. The highest BCUT2D eigenvalue weighted by molar-refractivity contribution is 5.81. The summed E-state index contributed by atoms with van der Waals surface area (Å²) in [7, 11) is 0. The molecule has 0 saturated heterocycles. The minimum Gasteiger partial charge on any atom is -0.382 e. The number of fused-ring (bicyclic) bond motifs is 1. The van der Waals surface area contributed by atoms with Crippen LogP contribution in [0.25, 0.3) is 11.2 Å². The fourth-order valence-corrected chi connectivity index (χ4v) is 2.28. The van der Waals surface area contributed by atoms with E-state index in [0.717, 1.165) is 29.9 Å². The lowest BCUT2D eigenvalue weighted by Crippen LogP contribution is -2.57. The second kappa shape index (κ2) is 4.29. The molecule has 6 nitrogen and oxygen atoms in total. The minimum atomic E-state index is 0.440. The van der Waals surface area contributed by atoms with Crippen LogP contribution in [0.1, 0.15) is 20.8 Å². The van der Waals surface area contributed by atoms with Crippen molar-refractivity contribution >= 4 is 17.0 Å². The Morgan fingerprint density at radius 1 is 1.12 bits per heavy atom. The fourth-order valence-electron chi connectivity index (χ4n) is 2.28. The van der Waals surface area contributed by atoms with Gasteiger partial charge in [-0.25, -0.2) is 19.5 Å². The van der Waals surface area contributed by atoms with Crippen molar-refractivity contribution in [2.45, 2.75) is 20.8 Å². The molecule has 2 N–H and O–H groups in total. The third-order valence-corrected chi connectivity index (χ3v) is 3.57. The molecule has 0 aromatic carbocycles. The second-order valence-electron chi connectivity index (χ2n) is 4.06. The largest absolute Gasteiger partial charge is 0.382 e. The number of imidazole rings is 1. The van der Waals surface area contributed by atoms with Gasteiger partial charge in [0.05, 0.1) is 19.6 Å². The lowest BCUT2D eigenvalue weighted by atomic mass is 10.4. The van der Waals surface area contributed by atoms with Crippen LogP contribution in [0.4, 0.5) is 5.82 Å². The highest BCUT2D eigenvalue weighted by Crippen LogP contribution is 2.17. The number of aromatic nitrogens is 4. The van der Waals surface area contributed by atoms with Crippen LogP contribution in [-0.4, -0.2) is 39.3 Å². The van der Waals surface area contributed by atoms with E-state index in [4.69, 9.17) is 5.73 Å². The maximum absolute atomic E-state index is 5.80. The zero-order chi connectivity index (χ0) is 12.5. The Bertz CT molecular complexity index is 505. The number of hydrogen-bond acceptors (Lipinski definition) is 4. The van der Waals surface area contributed by atoms with Crippen molar-refractivity contribution in [2.75, 3.05) is 25.4 Å². The van der Waals surface area contributed by atoms with Gasteiger partial charge in [0.1, 0.15) is 12.7 Å². The van der Waals surface area contributed by atoms with Gasteiger partial charge in [-0.15, -0.1) is 0 Å². The maximum atomic E-state index is 5.80. The predicted molar refractivity (Wildman–Crippen MR) is 68.9 cm³/mol. The first-order valence-corrected chi connectivity index (χ1v) is 5.99. The van der Waals surface area contributed by atoms with E-state index in [1.807, 2.05) is 6.33 Å². The molecule has 2 rings (SSSR count). The standard InChI is InChI=1S/C11H19N6/c1-4-17(5-2,6-3)16-8-15-9-10(12)13-7-14-11(9)16/h7-8H,4-6H2,1-3H3,(H2,12,13,14)/q+1. The molecular formula is C11H19N6+. The summed E-state index contributed by atoms with van der Waals surface area (Å²) in [6, 6.07) is 0. The van der Waals surface area contributed by atoms with Crippen molar-refractivity contribution in [1.82, 2.24) is 24.2 Å². The van der Waals surface area contributed by atoms with Gasteiger partial charge in [-0.3, -0.25) is 0 Å². The lowest BCUT2D eigenvalue weighted by molar-refractivity contribution is 0.151. The second-order valence-corrected chi connectivity index (χ2v) is 4.06. The molecule has 2 aromatic heterocycles. The van der Waals surface area contributed by atoms with Gasteiger partial charge in [0.25, 0.3) is 0 Å². The number of rotatable bonds is 4. The zero-order valence-electron chi connectivity index (χ0n) is 10.6. The number of nitrogens with zero attached hydrogens (tertiary/aromatic N) is 5. The molecule has 0 saturated carbocycles. The van der Waals surface area contributed by atoms with Crippen LogP contribution in [0.3, 0.4) is 0 Å². The smallest absolute Gasteiger partial charge is 0.215 e. The molecule has 17 heavy (non-hydrogen) atoms. The molecule has 0 atom stereocenters. The predicted octanol–water partition coefficient (Wildman–Crippen LogP) is 0.907. The Labute approximate surface area is 101 Å². The van der Waals surface area contributed by atoms with Gasteiger partial charge in [-0.05, 0) is 20.8 Å². The van der Waals surface area contributed by atoms with E-state index in [0.29, 0.717) is 11.3 Å². The SMILES string of the molecule is CC[N+](CC)(CC)n1cnc2c(N)ncnc21. The van der Waals surface area contributed by atoms with Crippen molar-refractivity contribution in [1.29, 1.82) is 0 Å². The summed E-state index contributed by atoms with van der Waals surface area (Å²) in [6.45, 7) is 9.48. The topological polar surface area (TPSA) is 69.6 Å². The third-order valence-electron chi connectivity index (χ3n) is 3.57. The summed E-state index contributed by atoms with van der Waals surface area (Å²) in [5, 5.41) is 0. The molecule has 0 fully saturated rings. The molecule has 0 aliphatic heterocycles. The van der Waals surface area contributed by atoms with Crippen LogP contribution in [0.15, 0.2) is 12.7 Å². The van der Waals surface area contributed by atoms with Crippen molar-refractivity contribution in [3.8, 4) is 0 Å². The van der Waals surface area contributed by atoms with Crippen LogP contribution in [0, 0.1) is 0 Å².